The van der Waals surface area contributed by atoms with Crippen molar-refractivity contribution in [1.82, 2.24) is 5.32 Å². The number of nitrogens with one attached hydrogen (secondary N) is 1. The summed E-state index contributed by atoms with van der Waals surface area (Å²) in [6.07, 6.45) is -13.7. The minimum Gasteiger partial charge on any atom is -0.394 e. The number of aliphatic hydroxyl groups is 7. The summed E-state index contributed by atoms with van der Waals surface area (Å²) in [5, 5.41) is 70.7. The number of aliphatic hydroxyl groups excluding tert-OH is 7. The Hall–Kier alpha value is -0.930. The topological polar surface area (TPSA) is 198 Å². The van der Waals surface area contributed by atoms with Gasteiger partial charge in [-0.2, -0.15) is 0 Å². The molecule has 0 unspecified atom stereocenters. The molecule has 0 bridgehead atoms. The Morgan fingerprint density at radius 1 is 0.923 bits per heavy atom. The SMILES string of the molecule is CC(=O)N[C@@H]1[C@@H](O[C@H]2O[C@H](CO)[C@H](O)[C@H](O)[C@H]2O)[C@@H](O)[C@@H](CO)O[C@@H]1O. The second-order valence-electron chi connectivity index (χ2n) is 6.26. The van der Waals surface area contributed by atoms with Crippen molar-refractivity contribution in [2.24, 2.45) is 0 Å². The molecule has 2 fully saturated rings. The van der Waals surface area contributed by atoms with Gasteiger partial charge < -0.3 is 55.3 Å². The van der Waals surface area contributed by atoms with E-state index in [1.165, 1.54) is 0 Å². The predicted molar refractivity (Wildman–Crippen MR) is 80.2 cm³/mol. The van der Waals surface area contributed by atoms with Crippen LogP contribution in [0.4, 0.5) is 0 Å². The minimum absolute atomic E-state index is 0.574. The van der Waals surface area contributed by atoms with E-state index in [1.807, 2.05) is 0 Å². The van der Waals surface area contributed by atoms with E-state index < -0.39 is 80.5 Å². The molecule has 2 saturated heterocycles. The van der Waals surface area contributed by atoms with Gasteiger partial charge in [0, 0.05) is 6.92 Å². The molecule has 152 valence electrons. The summed E-state index contributed by atoms with van der Waals surface area (Å²) in [5.41, 5.74) is 0. The molecular formula is C14H25NO11. The van der Waals surface area contributed by atoms with Gasteiger partial charge in [-0.25, -0.2) is 0 Å². The molecule has 1 amide bonds. The fourth-order valence-electron chi connectivity index (χ4n) is 2.97. The number of hydrogen-bond acceptors (Lipinski definition) is 11. The standard InChI is InChI=1S/C14H25NO11/c1-4(18)15-7-12(9(20)6(3-17)24-13(7)23)26-14-11(22)10(21)8(19)5(2-16)25-14/h5-14,16-17,19-23H,2-3H2,1H3,(H,15,18)/t5-,6-,7-,8+,9+,10+,11-,12-,13+,14-/m1/s1. The van der Waals surface area contributed by atoms with E-state index in [0.29, 0.717) is 0 Å². The van der Waals surface area contributed by atoms with Crippen LogP contribution in [0.3, 0.4) is 0 Å². The molecule has 0 radical (unpaired) electrons. The Kier molecular flexibility index (Phi) is 7.27. The molecule has 2 heterocycles. The summed E-state index contributed by atoms with van der Waals surface area (Å²) >= 11 is 0. The number of carbonyl (C=O) groups excluding carboxylic acids is 1. The first-order valence-corrected chi connectivity index (χ1v) is 8.06. The number of carbonyl (C=O) groups is 1. The third-order valence-electron chi connectivity index (χ3n) is 4.38. The molecule has 0 aromatic carbocycles. The molecule has 26 heavy (non-hydrogen) atoms. The van der Waals surface area contributed by atoms with Crippen LogP contribution in [-0.4, -0.2) is 116 Å². The summed E-state index contributed by atoms with van der Waals surface area (Å²) in [4.78, 5) is 11.4. The molecule has 0 aromatic rings. The van der Waals surface area contributed by atoms with Crippen molar-refractivity contribution in [3.63, 3.8) is 0 Å². The van der Waals surface area contributed by atoms with Crippen LogP contribution in [0.1, 0.15) is 6.92 Å². The smallest absolute Gasteiger partial charge is 0.217 e. The van der Waals surface area contributed by atoms with Gasteiger partial charge in [0.15, 0.2) is 12.6 Å². The summed E-state index contributed by atoms with van der Waals surface area (Å²) in [5.74, 6) is -0.574. The Bertz CT molecular complexity index is 478. The quantitative estimate of drug-likeness (QED) is 0.226. The Labute approximate surface area is 148 Å². The third kappa shape index (κ3) is 4.31. The number of rotatable bonds is 5. The average Bonchev–Trinajstić information content (AvgIpc) is 2.60. The first-order valence-electron chi connectivity index (χ1n) is 8.06. The summed E-state index contributed by atoms with van der Waals surface area (Å²) < 4.78 is 15.7. The maximum absolute atomic E-state index is 11.4. The zero-order valence-electron chi connectivity index (χ0n) is 14.0. The summed E-state index contributed by atoms with van der Waals surface area (Å²) in [7, 11) is 0. The first-order chi connectivity index (χ1) is 12.2. The van der Waals surface area contributed by atoms with Crippen molar-refractivity contribution >= 4 is 5.91 Å². The minimum atomic E-state index is -1.74. The molecule has 2 rings (SSSR count). The van der Waals surface area contributed by atoms with Gasteiger partial charge in [-0.05, 0) is 0 Å². The van der Waals surface area contributed by atoms with Crippen LogP contribution in [0, 0.1) is 0 Å². The molecule has 12 nitrogen and oxygen atoms in total. The number of hydrogen-bond donors (Lipinski definition) is 8. The van der Waals surface area contributed by atoms with Crippen LogP contribution < -0.4 is 5.32 Å². The van der Waals surface area contributed by atoms with Crippen molar-refractivity contribution in [3.8, 4) is 0 Å². The summed E-state index contributed by atoms with van der Waals surface area (Å²) in [6, 6.07) is -1.28. The second kappa shape index (κ2) is 8.84. The van der Waals surface area contributed by atoms with Crippen LogP contribution in [0.5, 0.6) is 0 Å². The maximum atomic E-state index is 11.4. The lowest BCUT2D eigenvalue weighted by atomic mass is 9.95. The molecule has 2 aliphatic heterocycles. The maximum Gasteiger partial charge on any atom is 0.217 e. The van der Waals surface area contributed by atoms with Gasteiger partial charge in [0.05, 0.1) is 13.2 Å². The van der Waals surface area contributed by atoms with Crippen molar-refractivity contribution in [3.05, 3.63) is 0 Å². The van der Waals surface area contributed by atoms with E-state index in [-0.39, 0.29) is 0 Å². The molecule has 0 aliphatic carbocycles. The predicted octanol–water partition coefficient (Wildman–Crippen LogP) is -5.25. The Morgan fingerprint density at radius 2 is 1.50 bits per heavy atom. The normalized spacial score (nSPS) is 46.8. The van der Waals surface area contributed by atoms with Crippen molar-refractivity contribution in [1.29, 1.82) is 0 Å². The number of ether oxygens (including phenoxy) is 3. The highest BCUT2D eigenvalue weighted by atomic mass is 16.7. The molecule has 0 spiro atoms. The zero-order chi connectivity index (χ0) is 19.6. The van der Waals surface area contributed by atoms with Gasteiger partial charge in [0.1, 0.15) is 48.8 Å². The van der Waals surface area contributed by atoms with Gasteiger partial charge >= 0.3 is 0 Å². The molecule has 2 aliphatic rings. The van der Waals surface area contributed by atoms with Crippen LogP contribution in [0.15, 0.2) is 0 Å². The Morgan fingerprint density at radius 3 is 2.04 bits per heavy atom. The van der Waals surface area contributed by atoms with Crippen molar-refractivity contribution in [2.45, 2.75) is 68.3 Å². The van der Waals surface area contributed by atoms with E-state index in [4.69, 9.17) is 14.2 Å². The molecule has 8 N–H and O–H groups in total. The second-order valence-corrected chi connectivity index (χ2v) is 6.26. The fourth-order valence-corrected chi connectivity index (χ4v) is 2.97. The summed E-state index contributed by atoms with van der Waals surface area (Å²) in [6.45, 7) is -0.195. The Balaban J connectivity index is 2.21. The van der Waals surface area contributed by atoms with Crippen LogP contribution >= 0.6 is 0 Å². The highest BCUT2D eigenvalue weighted by molar-refractivity contribution is 5.73. The van der Waals surface area contributed by atoms with E-state index in [1.54, 1.807) is 0 Å². The fraction of sp³-hybridized carbons (Fsp3) is 0.929. The molecule has 0 aromatic heterocycles. The zero-order valence-corrected chi connectivity index (χ0v) is 14.0. The van der Waals surface area contributed by atoms with E-state index in [9.17, 15) is 40.5 Å². The number of amides is 1. The molecule has 12 heteroatoms. The van der Waals surface area contributed by atoms with Crippen molar-refractivity contribution in [2.75, 3.05) is 13.2 Å². The van der Waals surface area contributed by atoms with Gasteiger partial charge in [-0.1, -0.05) is 0 Å². The van der Waals surface area contributed by atoms with Gasteiger partial charge in [0.25, 0.3) is 0 Å². The largest absolute Gasteiger partial charge is 0.394 e. The third-order valence-corrected chi connectivity index (χ3v) is 4.38. The molecule has 0 saturated carbocycles. The van der Waals surface area contributed by atoms with Gasteiger partial charge in [-0.15, -0.1) is 0 Å². The first kappa shape index (κ1) is 21.4. The van der Waals surface area contributed by atoms with Crippen molar-refractivity contribution < 1.29 is 54.8 Å². The van der Waals surface area contributed by atoms with E-state index in [2.05, 4.69) is 5.32 Å². The average molecular weight is 383 g/mol. The molecule has 10 atom stereocenters. The van der Waals surface area contributed by atoms with Gasteiger partial charge in [0.2, 0.25) is 5.91 Å². The van der Waals surface area contributed by atoms with Crippen LogP contribution in [0.25, 0.3) is 0 Å². The lowest BCUT2D eigenvalue weighted by Crippen LogP contribution is -2.67. The van der Waals surface area contributed by atoms with E-state index in [0.717, 1.165) is 6.92 Å². The monoisotopic (exact) mass is 383 g/mol. The van der Waals surface area contributed by atoms with Gasteiger partial charge in [-0.3, -0.25) is 4.79 Å². The van der Waals surface area contributed by atoms with Crippen LogP contribution in [-0.2, 0) is 19.0 Å². The molecular weight excluding hydrogens is 358 g/mol. The lowest BCUT2D eigenvalue weighted by Gasteiger charge is -2.46. The van der Waals surface area contributed by atoms with E-state index >= 15 is 0 Å². The lowest BCUT2D eigenvalue weighted by molar-refractivity contribution is -0.341. The highest BCUT2D eigenvalue weighted by Crippen LogP contribution is 2.28. The van der Waals surface area contributed by atoms with Crippen LogP contribution in [0.2, 0.25) is 0 Å². The highest BCUT2D eigenvalue weighted by Gasteiger charge is 2.50.